The minimum Gasteiger partial charge on any atom is -0.477 e. The molecule has 3 aromatic rings. The van der Waals surface area contributed by atoms with Gasteiger partial charge in [0.2, 0.25) is 5.88 Å². The zero-order valence-electron chi connectivity index (χ0n) is 14.9. The van der Waals surface area contributed by atoms with Crippen LogP contribution in [-0.4, -0.2) is 28.3 Å². The van der Waals surface area contributed by atoms with E-state index in [0.29, 0.717) is 21.0 Å². The van der Waals surface area contributed by atoms with Crippen LogP contribution in [0.25, 0.3) is 10.9 Å². The number of hydrogen-bond acceptors (Lipinski definition) is 3. The molecule has 4 nitrogen and oxygen atoms in total. The molecule has 152 valence electrons. The fourth-order valence-electron chi connectivity index (χ4n) is 2.83. The first-order valence-corrected chi connectivity index (χ1v) is 9.15. The monoisotopic (exact) mass is 443 g/mol. The third-order valence-corrected chi connectivity index (χ3v) is 4.91. The second kappa shape index (κ2) is 8.08. The molecular formula is C20H14Cl2F3NO3. The van der Waals surface area contributed by atoms with Gasteiger partial charge in [-0.25, -0.2) is 9.78 Å². The SMILES string of the molecule is CC(Oc1nc2ccc(Cl)cc2c(Cc2ccccc2Cl)c1C(=O)O)C(F)(F)F. The molecule has 0 saturated carbocycles. The van der Waals surface area contributed by atoms with Gasteiger partial charge < -0.3 is 9.84 Å². The van der Waals surface area contributed by atoms with Gasteiger partial charge in [0.05, 0.1) is 5.52 Å². The van der Waals surface area contributed by atoms with Crippen LogP contribution in [0, 0.1) is 0 Å². The zero-order chi connectivity index (χ0) is 21.3. The Labute approximate surface area is 173 Å². The highest BCUT2D eigenvalue weighted by Gasteiger charge is 2.39. The van der Waals surface area contributed by atoms with Gasteiger partial charge in [-0.3, -0.25) is 0 Å². The van der Waals surface area contributed by atoms with E-state index >= 15 is 0 Å². The molecule has 0 bridgehead atoms. The summed E-state index contributed by atoms with van der Waals surface area (Å²) in [7, 11) is 0. The predicted octanol–water partition coefficient (Wildman–Crippen LogP) is 6.16. The number of aromatic carboxylic acids is 1. The molecule has 29 heavy (non-hydrogen) atoms. The molecule has 0 aliphatic rings. The molecule has 1 heterocycles. The fourth-order valence-corrected chi connectivity index (χ4v) is 3.21. The summed E-state index contributed by atoms with van der Waals surface area (Å²) < 4.78 is 43.9. The number of hydrogen-bond donors (Lipinski definition) is 1. The molecule has 3 rings (SSSR count). The van der Waals surface area contributed by atoms with E-state index < -0.39 is 29.7 Å². The molecule has 0 aliphatic heterocycles. The summed E-state index contributed by atoms with van der Waals surface area (Å²) in [6.45, 7) is 0.785. The van der Waals surface area contributed by atoms with Gasteiger partial charge in [0.1, 0.15) is 5.56 Å². The van der Waals surface area contributed by atoms with Crippen LogP contribution in [0.5, 0.6) is 5.88 Å². The van der Waals surface area contributed by atoms with E-state index in [1.165, 1.54) is 18.2 Å². The predicted molar refractivity (Wildman–Crippen MR) is 104 cm³/mol. The summed E-state index contributed by atoms with van der Waals surface area (Å²) in [5, 5.41) is 10.9. The van der Waals surface area contributed by atoms with Crippen molar-refractivity contribution in [1.82, 2.24) is 4.98 Å². The van der Waals surface area contributed by atoms with Gasteiger partial charge in [0.15, 0.2) is 6.10 Å². The first-order valence-electron chi connectivity index (χ1n) is 8.40. The van der Waals surface area contributed by atoms with Crippen molar-refractivity contribution in [2.24, 2.45) is 0 Å². The lowest BCUT2D eigenvalue weighted by Crippen LogP contribution is -2.32. The highest BCUT2D eigenvalue weighted by Crippen LogP contribution is 2.35. The Morgan fingerprint density at radius 1 is 1.21 bits per heavy atom. The third kappa shape index (κ3) is 4.57. The van der Waals surface area contributed by atoms with Crippen LogP contribution in [0.2, 0.25) is 10.0 Å². The number of ether oxygens (including phenoxy) is 1. The van der Waals surface area contributed by atoms with Crippen LogP contribution in [0.15, 0.2) is 42.5 Å². The van der Waals surface area contributed by atoms with Gasteiger partial charge in [0, 0.05) is 21.9 Å². The molecule has 0 aliphatic carbocycles. The van der Waals surface area contributed by atoms with Crippen molar-refractivity contribution in [2.45, 2.75) is 25.6 Å². The number of fused-ring (bicyclic) bond motifs is 1. The molecule has 2 aromatic carbocycles. The lowest BCUT2D eigenvalue weighted by Gasteiger charge is -2.20. The van der Waals surface area contributed by atoms with Crippen LogP contribution >= 0.6 is 23.2 Å². The maximum atomic E-state index is 13.0. The summed E-state index contributed by atoms with van der Waals surface area (Å²) in [5.41, 5.74) is 0.600. The molecule has 1 unspecified atom stereocenters. The normalized spacial score (nSPS) is 12.8. The second-order valence-electron chi connectivity index (χ2n) is 6.31. The topological polar surface area (TPSA) is 59.4 Å². The third-order valence-electron chi connectivity index (χ3n) is 4.31. The molecule has 0 saturated heterocycles. The van der Waals surface area contributed by atoms with E-state index in [2.05, 4.69) is 4.98 Å². The molecular weight excluding hydrogens is 430 g/mol. The standard InChI is InChI=1S/C20H14Cl2F3NO3/c1-10(20(23,24)25)29-18-17(19(27)28)14(8-11-4-2-3-5-15(11)22)13-9-12(21)6-7-16(13)26-18/h2-7,9-10H,8H2,1H3,(H,27,28). The number of pyridine rings is 1. The number of carboxylic acid groups (broad SMARTS) is 1. The van der Waals surface area contributed by atoms with Crippen LogP contribution in [0.1, 0.15) is 28.4 Å². The highest BCUT2D eigenvalue weighted by molar-refractivity contribution is 6.31. The van der Waals surface area contributed by atoms with E-state index in [1.807, 2.05) is 0 Å². The molecule has 0 radical (unpaired) electrons. The number of rotatable bonds is 5. The van der Waals surface area contributed by atoms with Crippen molar-refractivity contribution < 1.29 is 27.8 Å². The lowest BCUT2D eigenvalue weighted by molar-refractivity contribution is -0.190. The summed E-state index contributed by atoms with van der Waals surface area (Å²) in [4.78, 5) is 16.0. The van der Waals surface area contributed by atoms with E-state index in [4.69, 9.17) is 27.9 Å². The van der Waals surface area contributed by atoms with Crippen molar-refractivity contribution >= 4 is 40.1 Å². The number of aromatic nitrogens is 1. The number of halogens is 5. The van der Waals surface area contributed by atoms with Crippen molar-refractivity contribution in [3.05, 3.63) is 69.2 Å². The Bertz CT molecular complexity index is 1090. The van der Waals surface area contributed by atoms with Gasteiger partial charge in [-0.05, 0) is 42.3 Å². The number of carbonyl (C=O) groups is 1. The molecule has 1 aromatic heterocycles. The van der Waals surface area contributed by atoms with E-state index in [1.54, 1.807) is 24.3 Å². The lowest BCUT2D eigenvalue weighted by atomic mass is 9.96. The Hall–Kier alpha value is -2.51. The van der Waals surface area contributed by atoms with Crippen molar-refractivity contribution in [3.8, 4) is 5.88 Å². The maximum Gasteiger partial charge on any atom is 0.425 e. The Morgan fingerprint density at radius 3 is 2.52 bits per heavy atom. The van der Waals surface area contributed by atoms with Crippen LogP contribution in [-0.2, 0) is 6.42 Å². The second-order valence-corrected chi connectivity index (χ2v) is 7.15. The van der Waals surface area contributed by atoms with Gasteiger partial charge >= 0.3 is 12.1 Å². The molecule has 9 heteroatoms. The van der Waals surface area contributed by atoms with Gasteiger partial charge in [-0.2, -0.15) is 13.2 Å². The Kier molecular flexibility index (Phi) is 5.91. The smallest absolute Gasteiger partial charge is 0.425 e. The molecule has 0 fully saturated rings. The summed E-state index contributed by atoms with van der Waals surface area (Å²) in [6, 6.07) is 11.3. The van der Waals surface area contributed by atoms with Crippen LogP contribution in [0.3, 0.4) is 0 Å². The van der Waals surface area contributed by atoms with E-state index in [-0.39, 0.29) is 17.5 Å². The number of benzene rings is 2. The Balaban J connectivity index is 2.27. The quantitative estimate of drug-likeness (QED) is 0.512. The zero-order valence-corrected chi connectivity index (χ0v) is 16.4. The number of nitrogens with zero attached hydrogens (tertiary/aromatic N) is 1. The maximum absolute atomic E-state index is 13.0. The highest BCUT2D eigenvalue weighted by atomic mass is 35.5. The first kappa shape index (κ1) is 21.2. The van der Waals surface area contributed by atoms with Gasteiger partial charge in [0.25, 0.3) is 0 Å². The molecule has 0 spiro atoms. The van der Waals surface area contributed by atoms with Crippen molar-refractivity contribution in [3.63, 3.8) is 0 Å². The van der Waals surface area contributed by atoms with Gasteiger partial charge in [-0.15, -0.1) is 0 Å². The summed E-state index contributed by atoms with van der Waals surface area (Å²) in [6.07, 6.45) is -6.89. The average molecular weight is 444 g/mol. The molecule has 0 amide bonds. The van der Waals surface area contributed by atoms with E-state index in [0.717, 1.165) is 6.92 Å². The van der Waals surface area contributed by atoms with Crippen molar-refractivity contribution in [1.29, 1.82) is 0 Å². The molecule has 1 N–H and O–H groups in total. The minimum atomic E-state index is -4.69. The largest absolute Gasteiger partial charge is 0.477 e. The van der Waals surface area contributed by atoms with Crippen LogP contribution in [0.4, 0.5) is 13.2 Å². The first-order chi connectivity index (χ1) is 13.6. The molecule has 1 atom stereocenters. The van der Waals surface area contributed by atoms with Crippen molar-refractivity contribution in [2.75, 3.05) is 0 Å². The Morgan fingerprint density at radius 2 is 1.90 bits per heavy atom. The minimum absolute atomic E-state index is 0.0391. The number of carboxylic acids is 1. The van der Waals surface area contributed by atoms with Crippen LogP contribution < -0.4 is 4.74 Å². The van der Waals surface area contributed by atoms with Gasteiger partial charge in [-0.1, -0.05) is 41.4 Å². The summed E-state index contributed by atoms with van der Waals surface area (Å²) in [5.74, 6) is -2.08. The summed E-state index contributed by atoms with van der Waals surface area (Å²) >= 11 is 12.3. The number of alkyl halides is 3. The fraction of sp³-hybridized carbons (Fsp3) is 0.200. The van der Waals surface area contributed by atoms with E-state index in [9.17, 15) is 23.1 Å². The average Bonchev–Trinajstić information content (AvgIpc) is 2.63.